The van der Waals surface area contributed by atoms with Crippen LogP contribution in [0.1, 0.15) is 17.2 Å². The first-order chi connectivity index (χ1) is 15.5. The molecule has 4 rings (SSSR count). The van der Waals surface area contributed by atoms with Crippen molar-refractivity contribution < 1.29 is 23.8 Å². The molecule has 0 radical (unpaired) electrons. The van der Waals surface area contributed by atoms with Crippen LogP contribution in [0, 0.1) is 5.82 Å². The van der Waals surface area contributed by atoms with Gasteiger partial charge in [0.25, 0.3) is 11.7 Å². The minimum atomic E-state index is -0.791. The number of carbonyl (C=O) groups is 2. The normalized spacial score (nSPS) is 21.2. The number of hydrogen-bond acceptors (Lipinski definition) is 6. The number of Topliss-reactive ketones (excluding diaryl/α,β-unsaturated/α-hetero) is 1. The molecule has 0 saturated carbocycles. The van der Waals surface area contributed by atoms with Gasteiger partial charge in [0.2, 0.25) is 0 Å². The van der Waals surface area contributed by atoms with Crippen molar-refractivity contribution in [3.8, 4) is 5.75 Å². The number of ether oxygens (including phenoxy) is 1. The van der Waals surface area contributed by atoms with Gasteiger partial charge in [0.05, 0.1) is 18.7 Å². The van der Waals surface area contributed by atoms with Crippen LogP contribution < -0.4 is 10.1 Å². The maximum atomic E-state index is 13.6. The number of likely N-dealkylation sites (tertiary alicyclic amines) is 1. The number of methoxy groups -OCH3 is 1. The summed E-state index contributed by atoms with van der Waals surface area (Å²) < 4.78 is 18.7. The van der Waals surface area contributed by atoms with Gasteiger partial charge < -0.3 is 20.1 Å². The van der Waals surface area contributed by atoms with E-state index in [-0.39, 0.29) is 11.3 Å². The predicted octanol–water partition coefficient (Wildman–Crippen LogP) is 2.16. The highest BCUT2D eigenvalue weighted by molar-refractivity contribution is 6.46. The summed E-state index contributed by atoms with van der Waals surface area (Å²) in [5.41, 5.74) is 0.978. The van der Waals surface area contributed by atoms with Gasteiger partial charge in [0.15, 0.2) is 0 Å². The molecule has 2 aromatic carbocycles. The summed E-state index contributed by atoms with van der Waals surface area (Å²) >= 11 is 0. The van der Waals surface area contributed by atoms with E-state index in [0.717, 1.165) is 26.2 Å². The number of rotatable bonds is 6. The highest BCUT2D eigenvalue weighted by Gasteiger charge is 2.46. The third-order valence-corrected chi connectivity index (χ3v) is 5.96. The quantitative estimate of drug-likeness (QED) is 0.408. The fourth-order valence-electron chi connectivity index (χ4n) is 4.19. The zero-order valence-electron chi connectivity index (χ0n) is 17.9. The molecule has 0 bridgehead atoms. The van der Waals surface area contributed by atoms with E-state index in [1.807, 2.05) is 0 Å². The molecule has 2 saturated heterocycles. The Bertz CT molecular complexity index is 1010. The van der Waals surface area contributed by atoms with Crippen molar-refractivity contribution in [2.75, 3.05) is 46.4 Å². The second-order valence-corrected chi connectivity index (χ2v) is 7.86. The Morgan fingerprint density at radius 3 is 2.34 bits per heavy atom. The largest absolute Gasteiger partial charge is 0.507 e. The monoisotopic (exact) mass is 439 g/mol. The van der Waals surface area contributed by atoms with Crippen molar-refractivity contribution in [3.05, 3.63) is 71.0 Å². The number of benzene rings is 2. The minimum absolute atomic E-state index is 0.00656. The molecular formula is C24H26FN3O4. The van der Waals surface area contributed by atoms with Crippen LogP contribution in [0.25, 0.3) is 5.76 Å². The molecule has 1 atom stereocenters. The topological polar surface area (TPSA) is 82.1 Å². The summed E-state index contributed by atoms with van der Waals surface area (Å²) in [6.07, 6.45) is 0. The van der Waals surface area contributed by atoms with Crippen LogP contribution >= 0.6 is 0 Å². The van der Waals surface area contributed by atoms with Crippen LogP contribution in [0.4, 0.5) is 4.39 Å². The van der Waals surface area contributed by atoms with Crippen molar-refractivity contribution in [1.82, 2.24) is 15.1 Å². The van der Waals surface area contributed by atoms with Crippen LogP contribution in [0.3, 0.4) is 0 Å². The van der Waals surface area contributed by atoms with Gasteiger partial charge in [-0.05, 0) is 42.0 Å². The Labute approximate surface area is 186 Å². The highest BCUT2D eigenvalue weighted by Crippen LogP contribution is 2.39. The third kappa shape index (κ3) is 4.37. The molecular weight excluding hydrogens is 413 g/mol. The van der Waals surface area contributed by atoms with Crippen molar-refractivity contribution in [1.29, 1.82) is 0 Å². The zero-order valence-corrected chi connectivity index (χ0v) is 17.9. The molecule has 8 heteroatoms. The summed E-state index contributed by atoms with van der Waals surface area (Å²) in [6, 6.07) is 11.5. The molecule has 168 valence electrons. The van der Waals surface area contributed by atoms with E-state index in [9.17, 15) is 19.1 Å². The summed E-state index contributed by atoms with van der Waals surface area (Å²) in [7, 11) is 1.54. The predicted molar refractivity (Wildman–Crippen MR) is 118 cm³/mol. The lowest BCUT2D eigenvalue weighted by Crippen LogP contribution is -2.46. The number of carbonyl (C=O) groups excluding carboxylic acids is 2. The Balaban J connectivity index is 1.71. The molecule has 0 aliphatic carbocycles. The maximum Gasteiger partial charge on any atom is 0.295 e. The van der Waals surface area contributed by atoms with Gasteiger partial charge in [-0.25, -0.2) is 4.39 Å². The number of nitrogens with one attached hydrogen (secondary N) is 1. The number of ketones is 1. The molecule has 0 spiro atoms. The van der Waals surface area contributed by atoms with Crippen molar-refractivity contribution in [2.45, 2.75) is 6.04 Å². The minimum Gasteiger partial charge on any atom is -0.507 e. The van der Waals surface area contributed by atoms with E-state index in [2.05, 4.69) is 10.2 Å². The lowest BCUT2D eigenvalue weighted by molar-refractivity contribution is -0.140. The SMILES string of the molecule is COc1ccc(/C(O)=C2/C(=O)C(=O)N(CCN3CCNCC3)C2c2ccc(F)cc2)cc1. The number of amides is 1. The summed E-state index contributed by atoms with van der Waals surface area (Å²) in [5.74, 6) is -1.47. The highest BCUT2D eigenvalue weighted by atomic mass is 19.1. The van der Waals surface area contributed by atoms with E-state index in [0.29, 0.717) is 30.0 Å². The van der Waals surface area contributed by atoms with Gasteiger partial charge in [-0.3, -0.25) is 14.5 Å². The Morgan fingerprint density at radius 1 is 1.06 bits per heavy atom. The number of hydrogen-bond donors (Lipinski definition) is 2. The number of nitrogens with zero attached hydrogens (tertiary/aromatic N) is 2. The third-order valence-electron chi connectivity index (χ3n) is 5.96. The molecule has 2 N–H and O–H groups in total. The molecule has 2 aliphatic rings. The first kappa shape index (κ1) is 22.0. The average Bonchev–Trinajstić information content (AvgIpc) is 3.08. The van der Waals surface area contributed by atoms with E-state index in [4.69, 9.17) is 4.74 Å². The van der Waals surface area contributed by atoms with E-state index in [1.165, 1.54) is 24.1 Å². The number of halogens is 1. The molecule has 2 aliphatic heterocycles. The van der Waals surface area contributed by atoms with Crippen molar-refractivity contribution in [3.63, 3.8) is 0 Å². The fourth-order valence-corrected chi connectivity index (χ4v) is 4.19. The van der Waals surface area contributed by atoms with Gasteiger partial charge in [0.1, 0.15) is 17.3 Å². The Kier molecular flexibility index (Phi) is 6.53. The van der Waals surface area contributed by atoms with Gasteiger partial charge in [-0.1, -0.05) is 12.1 Å². The van der Waals surface area contributed by atoms with Gasteiger partial charge in [-0.15, -0.1) is 0 Å². The van der Waals surface area contributed by atoms with Crippen LogP contribution in [0.15, 0.2) is 54.1 Å². The van der Waals surface area contributed by atoms with Crippen molar-refractivity contribution in [2.24, 2.45) is 0 Å². The Morgan fingerprint density at radius 2 is 1.72 bits per heavy atom. The number of aliphatic hydroxyl groups is 1. The van der Waals surface area contributed by atoms with E-state index in [1.54, 1.807) is 36.4 Å². The van der Waals surface area contributed by atoms with Crippen LogP contribution in [-0.4, -0.2) is 73.0 Å². The van der Waals surface area contributed by atoms with Gasteiger partial charge in [-0.2, -0.15) is 0 Å². The molecule has 0 aromatic heterocycles. The molecule has 2 aromatic rings. The van der Waals surface area contributed by atoms with Crippen LogP contribution in [0.5, 0.6) is 5.75 Å². The Hall–Kier alpha value is -3.23. The van der Waals surface area contributed by atoms with Crippen LogP contribution in [0.2, 0.25) is 0 Å². The molecule has 7 nitrogen and oxygen atoms in total. The zero-order chi connectivity index (χ0) is 22.7. The van der Waals surface area contributed by atoms with E-state index < -0.39 is 23.5 Å². The van der Waals surface area contributed by atoms with Gasteiger partial charge >= 0.3 is 0 Å². The summed E-state index contributed by atoms with van der Waals surface area (Å²) in [5, 5.41) is 14.3. The second kappa shape index (κ2) is 9.50. The van der Waals surface area contributed by atoms with E-state index >= 15 is 0 Å². The maximum absolute atomic E-state index is 13.6. The second-order valence-electron chi connectivity index (χ2n) is 7.86. The summed E-state index contributed by atoms with van der Waals surface area (Å²) in [4.78, 5) is 29.7. The average molecular weight is 439 g/mol. The molecule has 2 heterocycles. The molecule has 1 unspecified atom stereocenters. The first-order valence-electron chi connectivity index (χ1n) is 10.6. The first-order valence-corrected chi connectivity index (χ1v) is 10.6. The number of aliphatic hydroxyl groups excluding tert-OH is 1. The molecule has 32 heavy (non-hydrogen) atoms. The smallest absolute Gasteiger partial charge is 0.295 e. The lowest BCUT2D eigenvalue weighted by Gasteiger charge is -2.31. The lowest BCUT2D eigenvalue weighted by atomic mass is 9.95. The molecule has 2 fully saturated rings. The number of piperazine rings is 1. The standard InChI is InChI=1S/C24H26FN3O4/c1-32-19-8-4-17(5-9-19)22(29)20-21(16-2-6-18(25)7-3-16)28(24(31)23(20)30)15-14-27-12-10-26-11-13-27/h2-9,21,26,29H,10-15H2,1H3/b22-20-. The fraction of sp³-hybridized carbons (Fsp3) is 0.333. The van der Waals surface area contributed by atoms with Crippen molar-refractivity contribution >= 4 is 17.4 Å². The van der Waals surface area contributed by atoms with Crippen LogP contribution in [-0.2, 0) is 9.59 Å². The summed E-state index contributed by atoms with van der Waals surface area (Å²) in [6.45, 7) is 4.39. The molecule has 1 amide bonds. The van der Waals surface area contributed by atoms with Gasteiger partial charge in [0, 0.05) is 44.8 Å².